The lowest BCUT2D eigenvalue weighted by atomic mass is 10.2. The molecule has 0 saturated heterocycles. The number of benzene rings is 3. The first-order chi connectivity index (χ1) is 16.0. The Hall–Kier alpha value is -2.54. The molecule has 168 valence electrons. The van der Waals surface area contributed by atoms with Gasteiger partial charge in [0, 0.05) is 36.3 Å². The van der Waals surface area contributed by atoms with Crippen LogP contribution < -0.4 is 0 Å². The first-order valence-corrected chi connectivity index (χ1v) is 12.4. The molecule has 0 aliphatic carbocycles. The predicted molar refractivity (Wildman–Crippen MR) is 138 cm³/mol. The molecule has 0 N–H and O–H groups in total. The molecule has 0 atom stereocenters. The second-order valence-electron chi connectivity index (χ2n) is 6.74. The lowest BCUT2D eigenvalue weighted by molar-refractivity contribution is -0.136. The number of esters is 1. The standard InChI is InChI=1S/C24H19Cl2N3O2S2/c1-31-24(30)22(28-29-27)12-18-6-11-21(32-14-16-2-7-19(25)8-3-16)13-23(18)33-15-17-4-9-20(26)10-5-17/h2-13H,14-15H2,1H3/b22-12-. The number of thioether (sulfide) groups is 2. The topological polar surface area (TPSA) is 75.1 Å². The minimum Gasteiger partial charge on any atom is -0.466 e. The van der Waals surface area contributed by atoms with E-state index in [2.05, 4.69) is 16.1 Å². The third kappa shape index (κ3) is 7.77. The smallest absolute Gasteiger partial charge is 0.340 e. The molecule has 0 aromatic heterocycles. The van der Waals surface area contributed by atoms with Crippen molar-refractivity contribution >= 4 is 58.8 Å². The van der Waals surface area contributed by atoms with E-state index in [1.54, 1.807) is 29.6 Å². The predicted octanol–water partition coefficient (Wildman–Crippen LogP) is 8.40. The Kier molecular flexibility index (Phi) is 9.61. The Morgan fingerprint density at radius 2 is 1.55 bits per heavy atom. The number of nitrogens with zero attached hydrogens (tertiary/aromatic N) is 3. The zero-order valence-corrected chi connectivity index (χ0v) is 20.7. The van der Waals surface area contributed by atoms with Crippen LogP contribution in [-0.2, 0) is 21.0 Å². The van der Waals surface area contributed by atoms with E-state index in [-0.39, 0.29) is 5.70 Å². The summed E-state index contributed by atoms with van der Waals surface area (Å²) in [5.74, 6) is 0.806. The quantitative estimate of drug-likeness (QED) is 0.0715. The molecule has 3 aromatic carbocycles. The van der Waals surface area contributed by atoms with E-state index in [9.17, 15) is 4.79 Å². The molecule has 0 radical (unpaired) electrons. The van der Waals surface area contributed by atoms with Crippen molar-refractivity contribution in [1.29, 1.82) is 0 Å². The summed E-state index contributed by atoms with van der Waals surface area (Å²) in [5, 5.41) is 4.89. The molecule has 0 heterocycles. The number of rotatable bonds is 9. The molecule has 9 heteroatoms. The van der Waals surface area contributed by atoms with Crippen LogP contribution in [0.1, 0.15) is 16.7 Å². The average Bonchev–Trinajstić information content (AvgIpc) is 2.83. The maximum absolute atomic E-state index is 12.0. The molecule has 0 unspecified atom stereocenters. The van der Waals surface area contributed by atoms with Crippen LogP contribution in [0.2, 0.25) is 10.0 Å². The molecule has 0 aliphatic rings. The number of hydrogen-bond donors (Lipinski definition) is 0. The van der Waals surface area contributed by atoms with Crippen LogP contribution in [0.25, 0.3) is 16.5 Å². The highest BCUT2D eigenvalue weighted by atomic mass is 35.5. The van der Waals surface area contributed by atoms with E-state index >= 15 is 0 Å². The highest BCUT2D eigenvalue weighted by Crippen LogP contribution is 2.34. The van der Waals surface area contributed by atoms with Crippen molar-refractivity contribution in [2.24, 2.45) is 5.11 Å². The summed E-state index contributed by atoms with van der Waals surface area (Å²) in [6.07, 6.45) is 1.55. The first kappa shape index (κ1) is 25.1. The van der Waals surface area contributed by atoms with Crippen molar-refractivity contribution in [3.05, 3.63) is 110 Å². The first-order valence-electron chi connectivity index (χ1n) is 9.72. The van der Waals surface area contributed by atoms with Crippen molar-refractivity contribution in [1.82, 2.24) is 0 Å². The van der Waals surface area contributed by atoms with Gasteiger partial charge < -0.3 is 4.74 Å². The van der Waals surface area contributed by atoms with Crippen LogP contribution in [0.5, 0.6) is 0 Å². The lowest BCUT2D eigenvalue weighted by Crippen LogP contribution is -2.02. The summed E-state index contributed by atoms with van der Waals surface area (Å²) in [7, 11) is 1.25. The van der Waals surface area contributed by atoms with Crippen molar-refractivity contribution in [2.75, 3.05) is 7.11 Å². The molecule has 0 bridgehead atoms. The van der Waals surface area contributed by atoms with Gasteiger partial charge in [0.2, 0.25) is 0 Å². The fourth-order valence-corrected chi connectivity index (χ4v) is 5.00. The largest absolute Gasteiger partial charge is 0.466 e. The number of ether oxygens (including phenoxy) is 1. The molecule has 5 nitrogen and oxygen atoms in total. The normalized spacial score (nSPS) is 11.1. The van der Waals surface area contributed by atoms with Crippen molar-refractivity contribution < 1.29 is 9.53 Å². The number of carbonyl (C=O) groups excluding carboxylic acids is 1. The Bertz CT molecular complexity index is 1190. The average molecular weight is 516 g/mol. The van der Waals surface area contributed by atoms with Crippen molar-refractivity contribution in [2.45, 2.75) is 21.3 Å². The Labute approximate surface area is 210 Å². The van der Waals surface area contributed by atoms with E-state index < -0.39 is 5.97 Å². The number of hydrogen-bond acceptors (Lipinski definition) is 5. The van der Waals surface area contributed by atoms with Crippen LogP contribution in [0.15, 0.2) is 87.3 Å². The molecule has 0 aliphatic heterocycles. The van der Waals surface area contributed by atoms with E-state index in [0.29, 0.717) is 15.8 Å². The van der Waals surface area contributed by atoms with E-state index in [4.69, 9.17) is 33.5 Å². The molecule has 3 aromatic rings. The molecule has 33 heavy (non-hydrogen) atoms. The van der Waals surface area contributed by atoms with Gasteiger partial charge in [0.05, 0.1) is 7.11 Å². The van der Waals surface area contributed by atoms with Gasteiger partial charge in [0.15, 0.2) is 0 Å². The molecule has 0 spiro atoms. The summed E-state index contributed by atoms with van der Waals surface area (Å²) in [5.41, 5.74) is 11.8. The van der Waals surface area contributed by atoms with Crippen molar-refractivity contribution in [3.63, 3.8) is 0 Å². The van der Waals surface area contributed by atoms with Gasteiger partial charge in [0.25, 0.3) is 0 Å². The van der Waals surface area contributed by atoms with Crippen LogP contribution in [0.3, 0.4) is 0 Å². The van der Waals surface area contributed by atoms with Gasteiger partial charge in [-0.25, -0.2) is 4.79 Å². The van der Waals surface area contributed by atoms with Crippen molar-refractivity contribution in [3.8, 4) is 0 Å². The van der Waals surface area contributed by atoms with Crippen LogP contribution >= 0.6 is 46.7 Å². The van der Waals surface area contributed by atoms with Gasteiger partial charge in [0.1, 0.15) is 5.70 Å². The third-order valence-corrected chi connectivity index (χ3v) is 7.16. The second-order valence-corrected chi connectivity index (χ2v) is 9.68. The number of carbonyl (C=O) groups is 1. The van der Waals surface area contributed by atoms with Crippen LogP contribution in [0, 0.1) is 0 Å². The highest BCUT2D eigenvalue weighted by molar-refractivity contribution is 7.99. The van der Waals surface area contributed by atoms with E-state index in [1.807, 2.05) is 60.7 Å². The van der Waals surface area contributed by atoms with Gasteiger partial charge in [-0.05, 0) is 64.7 Å². The molecule has 3 rings (SSSR count). The maximum atomic E-state index is 12.0. The molecule has 0 amide bonds. The Balaban J connectivity index is 1.88. The summed E-state index contributed by atoms with van der Waals surface area (Å²) in [6, 6.07) is 21.4. The van der Waals surface area contributed by atoms with E-state index in [1.165, 1.54) is 12.7 Å². The van der Waals surface area contributed by atoms with E-state index in [0.717, 1.165) is 26.7 Å². The molecular weight excluding hydrogens is 497 g/mol. The SMILES string of the molecule is COC(=O)/C(=C/c1ccc(SCc2ccc(Cl)cc2)cc1SCc1ccc(Cl)cc1)N=[N+]=[N-]. The van der Waals surface area contributed by atoms with Crippen LogP contribution in [0.4, 0.5) is 0 Å². The lowest BCUT2D eigenvalue weighted by Gasteiger charge is -2.11. The fraction of sp³-hybridized carbons (Fsp3) is 0.125. The summed E-state index contributed by atoms with van der Waals surface area (Å²) in [6.45, 7) is 0. The Morgan fingerprint density at radius 3 is 2.09 bits per heavy atom. The summed E-state index contributed by atoms with van der Waals surface area (Å²) < 4.78 is 4.73. The van der Waals surface area contributed by atoms with Gasteiger partial charge in [-0.2, -0.15) is 0 Å². The van der Waals surface area contributed by atoms with Crippen LogP contribution in [-0.4, -0.2) is 13.1 Å². The number of azide groups is 1. The minimum atomic E-state index is -0.692. The fourth-order valence-electron chi connectivity index (χ4n) is 2.77. The maximum Gasteiger partial charge on any atom is 0.340 e. The third-order valence-electron chi connectivity index (χ3n) is 4.45. The zero-order chi connectivity index (χ0) is 23.6. The molecule has 0 saturated carbocycles. The van der Waals surface area contributed by atoms with Gasteiger partial charge in [-0.3, -0.25) is 0 Å². The summed E-state index contributed by atoms with van der Waals surface area (Å²) >= 11 is 15.3. The summed E-state index contributed by atoms with van der Waals surface area (Å²) in [4.78, 5) is 16.8. The second kappa shape index (κ2) is 12.6. The molecular formula is C24H19Cl2N3O2S2. The van der Waals surface area contributed by atoms with Gasteiger partial charge in [-0.1, -0.05) is 58.6 Å². The number of methoxy groups -OCH3 is 1. The van der Waals surface area contributed by atoms with Gasteiger partial charge >= 0.3 is 5.97 Å². The highest BCUT2D eigenvalue weighted by Gasteiger charge is 2.11. The zero-order valence-electron chi connectivity index (χ0n) is 17.6. The monoisotopic (exact) mass is 515 g/mol. The van der Waals surface area contributed by atoms with Gasteiger partial charge in [-0.15, -0.1) is 23.5 Å². The molecule has 0 fully saturated rings. The Morgan fingerprint density at radius 1 is 0.970 bits per heavy atom. The minimum absolute atomic E-state index is 0.102. The number of halogens is 2.